The highest BCUT2D eigenvalue weighted by atomic mass is 32.2. The molecule has 15 heteroatoms. The summed E-state index contributed by atoms with van der Waals surface area (Å²) in [5.74, 6) is -2.25. The number of thiazole rings is 1. The number of amides is 2. The molecule has 0 spiro atoms. The second-order valence-corrected chi connectivity index (χ2v) is 9.95. The van der Waals surface area contributed by atoms with Crippen LogP contribution < -0.4 is 11.1 Å². The first-order chi connectivity index (χ1) is 14.9. The molecule has 3 aliphatic heterocycles. The molecule has 1 aromatic heterocycles. The van der Waals surface area contributed by atoms with E-state index in [1.165, 1.54) is 33.8 Å². The Balaban J connectivity index is 1.48. The number of fused-ring (bicyclic) bond motifs is 1. The average Bonchev–Trinajstić information content (AvgIpc) is 3.18. The third kappa shape index (κ3) is 4.23. The number of carboxylic acids is 1. The van der Waals surface area contributed by atoms with Crippen LogP contribution in [0, 0.1) is 0 Å². The molecule has 4 rings (SSSR count). The molecule has 2 saturated heterocycles. The van der Waals surface area contributed by atoms with Gasteiger partial charge in [0.25, 0.3) is 11.8 Å². The van der Waals surface area contributed by atoms with Gasteiger partial charge in [-0.3, -0.25) is 14.5 Å². The molecule has 4 heterocycles. The molecular formula is C16H17N5O7S3. The van der Waals surface area contributed by atoms with Crippen LogP contribution in [-0.4, -0.2) is 86.1 Å². The van der Waals surface area contributed by atoms with Gasteiger partial charge < -0.3 is 30.8 Å². The maximum Gasteiger partial charge on any atom is 0.353 e. The molecule has 0 aliphatic carbocycles. The predicted octanol–water partition coefficient (Wildman–Crippen LogP) is -0.294. The van der Waals surface area contributed by atoms with Crippen LogP contribution in [-0.2, 0) is 23.9 Å². The smallest absolute Gasteiger partial charge is 0.353 e. The molecule has 31 heavy (non-hydrogen) atoms. The van der Waals surface area contributed by atoms with Gasteiger partial charge in [-0.2, -0.15) is 0 Å². The van der Waals surface area contributed by atoms with Crippen LogP contribution in [0.1, 0.15) is 5.69 Å². The summed E-state index contributed by atoms with van der Waals surface area (Å²) in [6.07, 6.45) is 0. The van der Waals surface area contributed by atoms with E-state index >= 15 is 0 Å². The van der Waals surface area contributed by atoms with Crippen molar-refractivity contribution in [1.82, 2.24) is 15.2 Å². The SMILES string of the molecule is Nc1nc(/C(=N/O)C(=O)NC2C(=O)N3C(C(=O)O)=C(SC4COCOC4)CSC23)cs1. The Morgan fingerprint density at radius 1 is 1.39 bits per heavy atom. The number of β-lactam (4-membered cyclic amide) rings is 1. The highest BCUT2D eigenvalue weighted by Gasteiger charge is 2.54. The summed E-state index contributed by atoms with van der Waals surface area (Å²) in [7, 11) is 0. The van der Waals surface area contributed by atoms with E-state index in [9.17, 15) is 24.7 Å². The fourth-order valence-corrected chi connectivity index (χ4v) is 6.48. The van der Waals surface area contributed by atoms with Crippen LogP contribution in [0.5, 0.6) is 0 Å². The van der Waals surface area contributed by atoms with E-state index in [0.29, 0.717) is 23.9 Å². The number of hydrogen-bond donors (Lipinski definition) is 4. The first-order valence-corrected chi connectivity index (χ1v) is 11.7. The molecule has 0 bridgehead atoms. The molecule has 0 radical (unpaired) electrons. The van der Waals surface area contributed by atoms with E-state index in [0.717, 1.165) is 11.3 Å². The van der Waals surface area contributed by atoms with Gasteiger partial charge in [-0.15, -0.1) is 34.9 Å². The number of carbonyl (C=O) groups excluding carboxylic acids is 2. The summed E-state index contributed by atoms with van der Waals surface area (Å²) >= 11 is 3.72. The number of aliphatic carboxylic acids is 1. The number of ether oxygens (including phenoxy) is 2. The zero-order valence-corrected chi connectivity index (χ0v) is 18.2. The second kappa shape index (κ2) is 9.04. The minimum atomic E-state index is -1.22. The number of hydrogen-bond acceptors (Lipinski definition) is 12. The summed E-state index contributed by atoms with van der Waals surface area (Å²) in [4.78, 5) is 42.8. The Morgan fingerprint density at radius 2 is 2.13 bits per heavy atom. The standard InChI is InChI=1S/C16H17N5O7S3/c17-16-18-7(3-30-16)9(20-26)12(22)19-10-13(23)21-11(15(24)25)8(4-29-14(10)21)31-6-1-27-5-28-2-6/h3,6,10,14,26H,1-2,4-5H2,(H2,17,18)(H,19,22)(H,24,25)/b20-9-. The first kappa shape index (κ1) is 21.9. The number of thioether (sulfide) groups is 2. The lowest BCUT2D eigenvalue weighted by atomic mass is 10.0. The van der Waals surface area contributed by atoms with Crippen molar-refractivity contribution in [3.63, 3.8) is 0 Å². The predicted molar refractivity (Wildman–Crippen MR) is 113 cm³/mol. The van der Waals surface area contributed by atoms with Gasteiger partial charge in [0.05, 0.1) is 18.5 Å². The third-order valence-electron chi connectivity index (χ3n) is 4.59. The van der Waals surface area contributed by atoms with Gasteiger partial charge >= 0.3 is 5.97 Å². The van der Waals surface area contributed by atoms with Gasteiger partial charge in [0, 0.05) is 16.0 Å². The van der Waals surface area contributed by atoms with Crippen molar-refractivity contribution < 1.29 is 34.2 Å². The Morgan fingerprint density at radius 3 is 2.74 bits per heavy atom. The molecular weight excluding hydrogens is 470 g/mol. The topological polar surface area (TPSA) is 177 Å². The average molecular weight is 488 g/mol. The molecule has 2 unspecified atom stereocenters. The van der Waals surface area contributed by atoms with E-state index in [2.05, 4.69) is 15.5 Å². The number of anilines is 1. The third-order valence-corrected chi connectivity index (χ3v) is 7.95. The fourth-order valence-electron chi connectivity index (χ4n) is 3.24. The van der Waals surface area contributed by atoms with Crippen molar-refractivity contribution in [2.75, 3.05) is 31.5 Å². The van der Waals surface area contributed by atoms with Crippen molar-refractivity contribution in [2.24, 2.45) is 5.16 Å². The highest BCUT2D eigenvalue weighted by Crippen LogP contribution is 2.44. The number of carboxylic acid groups (broad SMARTS) is 1. The van der Waals surface area contributed by atoms with Crippen molar-refractivity contribution in [1.29, 1.82) is 0 Å². The number of rotatable bonds is 6. The molecule has 2 amide bonds. The Bertz CT molecular complexity index is 975. The van der Waals surface area contributed by atoms with Gasteiger partial charge in [0.1, 0.15) is 29.6 Å². The first-order valence-electron chi connectivity index (χ1n) is 8.88. The minimum Gasteiger partial charge on any atom is -0.477 e. The molecule has 0 saturated carbocycles. The van der Waals surface area contributed by atoms with E-state index in [4.69, 9.17) is 15.2 Å². The zero-order valence-electron chi connectivity index (χ0n) is 15.7. The van der Waals surface area contributed by atoms with Gasteiger partial charge in [-0.05, 0) is 0 Å². The van der Waals surface area contributed by atoms with Crippen LogP contribution in [0.2, 0.25) is 0 Å². The van der Waals surface area contributed by atoms with Crippen LogP contribution >= 0.6 is 34.9 Å². The van der Waals surface area contributed by atoms with E-state index in [1.54, 1.807) is 0 Å². The largest absolute Gasteiger partial charge is 0.477 e. The normalized spacial score (nSPS) is 24.6. The van der Waals surface area contributed by atoms with Crippen molar-refractivity contribution in [3.8, 4) is 0 Å². The molecule has 2 atom stereocenters. The lowest BCUT2D eigenvalue weighted by molar-refractivity contribution is -0.150. The summed E-state index contributed by atoms with van der Waals surface area (Å²) in [5.41, 5.74) is 5.13. The number of nitrogens with zero attached hydrogens (tertiary/aromatic N) is 3. The van der Waals surface area contributed by atoms with Crippen LogP contribution in [0.15, 0.2) is 21.1 Å². The van der Waals surface area contributed by atoms with E-state index in [-0.39, 0.29) is 34.3 Å². The summed E-state index contributed by atoms with van der Waals surface area (Å²) in [5, 5.41) is 25.4. The summed E-state index contributed by atoms with van der Waals surface area (Å²) < 4.78 is 10.5. The lowest BCUT2D eigenvalue weighted by Gasteiger charge is -2.49. The number of oxime groups is 1. The Labute approximate surface area is 187 Å². The molecule has 2 fully saturated rings. The van der Waals surface area contributed by atoms with Crippen LogP contribution in [0.3, 0.4) is 0 Å². The molecule has 5 N–H and O–H groups in total. The zero-order chi connectivity index (χ0) is 22.1. The monoisotopic (exact) mass is 487 g/mol. The van der Waals surface area contributed by atoms with Crippen LogP contribution in [0.25, 0.3) is 0 Å². The van der Waals surface area contributed by atoms with Gasteiger partial charge in [0.2, 0.25) is 0 Å². The van der Waals surface area contributed by atoms with Gasteiger partial charge in [0.15, 0.2) is 10.8 Å². The van der Waals surface area contributed by atoms with Crippen molar-refractivity contribution >= 4 is 63.5 Å². The van der Waals surface area contributed by atoms with E-state index < -0.39 is 29.2 Å². The minimum absolute atomic E-state index is 0.0731. The molecule has 12 nitrogen and oxygen atoms in total. The fraction of sp³-hybridized carbons (Fsp3) is 0.438. The quantitative estimate of drug-likeness (QED) is 0.179. The Kier molecular flexibility index (Phi) is 6.38. The second-order valence-electron chi connectivity index (χ2n) is 6.56. The molecule has 0 aromatic carbocycles. The highest BCUT2D eigenvalue weighted by molar-refractivity contribution is 8.06. The number of nitrogen functional groups attached to an aromatic ring is 1. The molecule has 166 valence electrons. The number of nitrogens with two attached hydrogens (primary N) is 1. The summed E-state index contributed by atoms with van der Waals surface area (Å²) in [6.45, 7) is 1.05. The molecule has 1 aromatic rings. The number of nitrogens with one attached hydrogen (secondary N) is 1. The number of carbonyl (C=O) groups is 3. The molecule has 3 aliphatic rings. The van der Waals surface area contributed by atoms with Crippen LogP contribution in [0.4, 0.5) is 5.13 Å². The van der Waals surface area contributed by atoms with Gasteiger partial charge in [-0.25, -0.2) is 9.78 Å². The van der Waals surface area contributed by atoms with Crippen molar-refractivity contribution in [3.05, 3.63) is 21.7 Å². The Hall–Kier alpha value is -2.33. The maximum atomic E-state index is 12.7. The van der Waals surface area contributed by atoms with E-state index in [1.807, 2.05) is 0 Å². The van der Waals surface area contributed by atoms with Crippen molar-refractivity contribution in [2.45, 2.75) is 16.7 Å². The maximum absolute atomic E-state index is 12.7. The lowest BCUT2D eigenvalue weighted by Crippen LogP contribution is -2.71. The summed E-state index contributed by atoms with van der Waals surface area (Å²) in [6, 6.07) is -0.965. The number of aromatic nitrogens is 1. The van der Waals surface area contributed by atoms with Gasteiger partial charge in [-0.1, -0.05) is 5.16 Å².